The van der Waals surface area contributed by atoms with Crippen LogP contribution in [-0.2, 0) is 0 Å². The van der Waals surface area contributed by atoms with Gasteiger partial charge in [0.1, 0.15) is 17.5 Å². The second kappa shape index (κ2) is 9.00. The van der Waals surface area contributed by atoms with Crippen LogP contribution in [0.5, 0.6) is 0 Å². The van der Waals surface area contributed by atoms with Crippen LogP contribution in [0.3, 0.4) is 0 Å². The van der Waals surface area contributed by atoms with E-state index in [1.165, 1.54) is 72.8 Å². The fourth-order valence-electron chi connectivity index (χ4n) is 2.55. The number of hydrogen-bond donors (Lipinski definition) is 0. The molecule has 0 aliphatic heterocycles. The zero-order chi connectivity index (χ0) is 16.4. The van der Waals surface area contributed by atoms with Crippen LogP contribution >= 0.6 is 0 Å². The maximum Gasteiger partial charge on any atom is 2.00 e. The summed E-state index contributed by atoms with van der Waals surface area (Å²) < 4.78 is 39.6. The molecular weight excluding hydrogens is 421 g/mol. The topological polar surface area (TPSA) is 23.1 Å². The first kappa shape index (κ1) is 21.9. The molecule has 0 spiro atoms. The molecule has 0 fully saturated rings. The SMILES string of the molecule is [Br-].[Mg+2].[O-][Si](c1ccc(F)cc1)(c1ccc(F)cc1)c1ccc(F)cc1. The van der Waals surface area contributed by atoms with Gasteiger partial charge in [0.05, 0.1) is 8.32 Å². The van der Waals surface area contributed by atoms with E-state index in [0.29, 0.717) is 15.6 Å². The van der Waals surface area contributed by atoms with Crippen molar-refractivity contribution in [3.8, 4) is 0 Å². The van der Waals surface area contributed by atoms with E-state index in [2.05, 4.69) is 0 Å². The molecule has 0 radical (unpaired) electrons. The Balaban J connectivity index is 0.00000156. The Morgan fingerprint density at radius 3 is 0.920 bits per heavy atom. The molecule has 0 N–H and O–H groups in total. The minimum absolute atomic E-state index is 0. The van der Waals surface area contributed by atoms with Crippen molar-refractivity contribution in [1.29, 1.82) is 0 Å². The van der Waals surface area contributed by atoms with Gasteiger partial charge >= 0.3 is 23.1 Å². The van der Waals surface area contributed by atoms with Crippen LogP contribution in [0.2, 0.25) is 0 Å². The molecule has 3 aromatic carbocycles. The molecule has 0 saturated carbocycles. The zero-order valence-corrected chi connectivity index (χ0v) is 17.1. The molecule has 0 amide bonds. The summed E-state index contributed by atoms with van der Waals surface area (Å²) in [5, 5.41) is 1.28. The number of benzene rings is 3. The summed E-state index contributed by atoms with van der Waals surface area (Å²) in [7, 11) is -3.70. The Morgan fingerprint density at radius 2 is 0.720 bits per heavy atom. The van der Waals surface area contributed by atoms with E-state index in [9.17, 15) is 18.0 Å². The second-order valence-corrected chi connectivity index (χ2v) is 8.30. The van der Waals surface area contributed by atoms with E-state index in [-0.39, 0.29) is 40.0 Å². The van der Waals surface area contributed by atoms with Gasteiger partial charge in [-0.25, -0.2) is 13.2 Å². The Morgan fingerprint density at radius 1 is 0.520 bits per heavy atom. The smallest absolute Gasteiger partial charge is 1.00 e. The molecule has 0 unspecified atom stereocenters. The first-order valence-corrected chi connectivity index (χ1v) is 8.89. The molecule has 0 atom stereocenters. The minimum atomic E-state index is -3.70. The largest absolute Gasteiger partial charge is 2.00 e. The molecule has 1 nitrogen and oxygen atoms in total. The molecule has 3 rings (SSSR count). The van der Waals surface area contributed by atoms with Gasteiger partial charge in [-0.3, -0.25) is 0 Å². The normalized spacial score (nSPS) is 10.6. The second-order valence-electron chi connectivity index (χ2n) is 5.20. The number of hydrogen-bond acceptors (Lipinski definition) is 1. The third-order valence-corrected chi connectivity index (χ3v) is 7.19. The standard InChI is InChI=1S/C18H12F3OSi.BrH.Mg/c19-13-1-7-16(8-2-13)23(22,17-9-3-14(20)4-10-17)18-11-5-15(21)6-12-18;;/h1-12H;1H;/q-1;;+2/p-1. The molecule has 0 aliphatic rings. The first-order valence-electron chi connectivity index (χ1n) is 6.99. The van der Waals surface area contributed by atoms with Gasteiger partial charge in [-0.1, -0.05) is 52.0 Å². The summed E-state index contributed by atoms with van der Waals surface area (Å²) in [6, 6.07) is 16.0. The molecule has 124 valence electrons. The Bertz CT molecular complexity index is 700. The summed E-state index contributed by atoms with van der Waals surface area (Å²) in [6.45, 7) is 0. The summed E-state index contributed by atoms with van der Waals surface area (Å²) in [5.74, 6) is -1.32. The van der Waals surface area contributed by atoms with Crippen LogP contribution in [-0.4, -0.2) is 31.4 Å². The van der Waals surface area contributed by atoms with Gasteiger partial charge in [0.25, 0.3) is 0 Å². The minimum Gasteiger partial charge on any atom is -1.00 e. The molecule has 3 aromatic rings. The van der Waals surface area contributed by atoms with E-state index < -0.39 is 25.8 Å². The van der Waals surface area contributed by atoms with Crippen molar-refractivity contribution in [1.82, 2.24) is 0 Å². The van der Waals surface area contributed by atoms with Gasteiger partial charge < -0.3 is 21.8 Å². The first-order chi connectivity index (χ1) is 11.0. The van der Waals surface area contributed by atoms with E-state index in [0.717, 1.165) is 0 Å². The van der Waals surface area contributed by atoms with Gasteiger partial charge in [0.2, 0.25) is 0 Å². The zero-order valence-electron chi connectivity index (χ0n) is 13.1. The van der Waals surface area contributed by atoms with Crippen LogP contribution in [0.1, 0.15) is 0 Å². The third-order valence-electron chi connectivity index (χ3n) is 3.75. The van der Waals surface area contributed by atoms with Gasteiger partial charge in [0.15, 0.2) is 0 Å². The molecule has 0 aromatic heterocycles. The van der Waals surface area contributed by atoms with Crippen LogP contribution < -0.4 is 37.3 Å². The quantitative estimate of drug-likeness (QED) is 0.348. The molecule has 0 aliphatic carbocycles. The summed E-state index contributed by atoms with van der Waals surface area (Å²) in [4.78, 5) is 13.8. The monoisotopic (exact) mass is 432 g/mol. The maximum atomic E-state index is 13.8. The number of rotatable bonds is 3. The van der Waals surface area contributed by atoms with Crippen molar-refractivity contribution in [3.05, 3.63) is 90.2 Å². The molecule has 0 heterocycles. The summed E-state index contributed by atoms with van der Waals surface area (Å²) in [5.41, 5.74) is 0. The van der Waals surface area contributed by atoms with Gasteiger partial charge in [-0.2, -0.15) is 0 Å². The fourth-order valence-corrected chi connectivity index (χ4v) is 5.46. The Labute approximate surface area is 171 Å². The van der Waals surface area contributed by atoms with Crippen LogP contribution in [0.15, 0.2) is 72.8 Å². The van der Waals surface area contributed by atoms with Crippen molar-refractivity contribution in [2.45, 2.75) is 0 Å². The van der Waals surface area contributed by atoms with Crippen molar-refractivity contribution in [2.24, 2.45) is 0 Å². The van der Waals surface area contributed by atoms with E-state index >= 15 is 0 Å². The molecule has 7 heteroatoms. The van der Waals surface area contributed by atoms with E-state index in [1.54, 1.807) is 0 Å². The van der Waals surface area contributed by atoms with Gasteiger partial charge in [0, 0.05) is 0 Å². The Hall–Kier alpha value is -1.13. The molecular formula is C18H12BrF3MgOSi. The fraction of sp³-hybridized carbons (Fsp3) is 0. The predicted molar refractivity (Wildman–Crippen MR) is 89.6 cm³/mol. The average molecular weight is 434 g/mol. The summed E-state index contributed by atoms with van der Waals surface area (Å²) >= 11 is 0. The van der Waals surface area contributed by atoms with Crippen molar-refractivity contribution in [2.75, 3.05) is 0 Å². The maximum absolute atomic E-state index is 13.8. The molecule has 0 saturated heterocycles. The molecule has 0 bridgehead atoms. The predicted octanol–water partition coefficient (Wildman–Crippen LogP) is -1.95. The molecule has 25 heavy (non-hydrogen) atoms. The Kier molecular flexibility index (Phi) is 7.89. The van der Waals surface area contributed by atoms with Crippen LogP contribution in [0.25, 0.3) is 0 Å². The van der Waals surface area contributed by atoms with E-state index in [4.69, 9.17) is 0 Å². The third kappa shape index (κ3) is 4.54. The number of halogens is 4. The van der Waals surface area contributed by atoms with Crippen LogP contribution in [0, 0.1) is 17.5 Å². The van der Waals surface area contributed by atoms with Crippen LogP contribution in [0.4, 0.5) is 13.2 Å². The summed E-state index contributed by atoms with van der Waals surface area (Å²) in [6.07, 6.45) is 0. The van der Waals surface area contributed by atoms with Gasteiger partial charge in [-0.15, -0.1) is 0 Å². The van der Waals surface area contributed by atoms with Gasteiger partial charge in [-0.05, 0) is 36.4 Å². The van der Waals surface area contributed by atoms with E-state index in [1.807, 2.05) is 0 Å². The van der Waals surface area contributed by atoms with Crippen molar-refractivity contribution >= 4 is 46.9 Å². The average Bonchev–Trinajstić information content (AvgIpc) is 2.56. The van der Waals surface area contributed by atoms with Crippen molar-refractivity contribution in [3.63, 3.8) is 0 Å². The van der Waals surface area contributed by atoms with Crippen molar-refractivity contribution < 1.29 is 34.9 Å².